The average molecular weight is 356 g/mol. The van der Waals surface area contributed by atoms with Crippen LogP contribution < -0.4 is 0 Å². The molecule has 1 aromatic carbocycles. The summed E-state index contributed by atoms with van der Waals surface area (Å²) in [5, 5.41) is 11.0. The molecule has 1 heterocycles. The van der Waals surface area contributed by atoms with E-state index in [9.17, 15) is 10.1 Å². The summed E-state index contributed by atoms with van der Waals surface area (Å²) in [6.45, 7) is 4.11. The summed E-state index contributed by atoms with van der Waals surface area (Å²) >= 11 is 3.37. The van der Waals surface area contributed by atoms with Crippen LogP contribution in [0.2, 0.25) is 0 Å². The second kappa shape index (κ2) is 7.33. The summed E-state index contributed by atoms with van der Waals surface area (Å²) in [6, 6.07) is 5.23. The molecule has 0 N–H and O–H groups in total. The van der Waals surface area contributed by atoms with Crippen LogP contribution in [0.1, 0.15) is 18.4 Å². The second-order valence-electron chi connectivity index (χ2n) is 5.95. The maximum atomic E-state index is 11.0. The number of nitro benzene ring substituents is 1. The first-order chi connectivity index (χ1) is 9.97. The van der Waals surface area contributed by atoms with Crippen molar-refractivity contribution in [2.45, 2.75) is 19.4 Å². The van der Waals surface area contributed by atoms with Crippen molar-refractivity contribution in [3.63, 3.8) is 0 Å². The summed E-state index contributed by atoms with van der Waals surface area (Å²) in [7, 11) is 4.25. The standard InChI is InChI=1S/C15H22BrN3O2/c1-17-8-6-12(7-9-17)10-18(2)11-13-4-3-5-14(15(13)16)19(20)21/h3-5,12H,6-11H2,1-2H3. The fraction of sp³-hybridized carbons (Fsp3) is 0.600. The van der Waals surface area contributed by atoms with Gasteiger partial charge in [-0.2, -0.15) is 0 Å². The molecule has 0 atom stereocenters. The van der Waals surface area contributed by atoms with Gasteiger partial charge in [-0.15, -0.1) is 0 Å². The van der Waals surface area contributed by atoms with Crippen LogP contribution in [0.25, 0.3) is 0 Å². The Morgan fingerprint density at radius 1 is 1.43 bits per heavy atom. The highest BCUT2D eigenvalue weighted by Crippen LogP contribution is 2.29. The van der Waals surface area contributed by atoms with Crippen molar-refractivity contribution in [3.8, 4) is 0 Å². The van der Waals surface area contributed by atoms with Crippen LogP contribution in [0.15, 0.2) is 22.7 Å². The van der Waals surface area contributed by atoms with Gasteiger partial charge in [0.1, 0.15) is 0 Å². The van der Waals surface area contributed by atoms with Gasteiger partial charge < -0.3 is 9.80 Å². The van der Waals surface area contributed by atoms with E-state index in [0.29, 0.717) is 4.47 Å². The van der Waals surface area contributed by atoms with Crippen molar-refractivity contribution in [1.82, 2.24) is 9.80 Å². The number of likely N-dealkylation sites (tertiary alicyclic amines) is 1. The molecule has 116 valence electrons. The Kier molecular flexibility index (Phi) is 5.72. The van der Waals surface area contributed by atoms with Gasteiger partial charge in [-0.05, 0) is 67.4 Å². The molecular weight excluding hydrogens is 334 g/mol. The predicted octanol–water partition coefficient (Wildman–Crippen LogP) is 3.13. The molecule has 0 aliphatic carbocycles. The van der Waals surface area contributed by atoms with E-state index in [2.05, 4.69) is 39.8 Å². The fourth-order valence-electron chi connectivity index (χ4n) is 2.87. The normalized spacial score (nSPS) is 17.3. The molecule has 0 saturated carbocycles. The molecule has 0 spiro atoms. The van der Waals surface area contributed by atoms with E-state index in [1.165, 1.54) is 32.0 Å². The van der Waals surface area contributed by atoms with Gasteiger partial charge >= 0.3 is 0 Å². The number of halogens is 1. The minimum Gasteiger partial charge on any atom is -0.306 e. The lowest BCUT2D eigenvalue weighted by atomic mass is 9.96. The van der Waals surface area contributed by atoms with Crippen molar-refractivity contribution in [2.75, 3.05) is 33.7 Å². The number of nitrogens with zero attached hydrogens (tertiary/aromatic N) is 3. The summed E-state index contributed by atoms with van der Waals surface area (Å²) < 4.78 is 0.602. The minimum absolute atomic E-state index is 0.139. The van der Waals surface area contributed by atoms with E-state index in [0.717, 1.165) is 24.6 Å². The molecule has 1 aliphatic rings. The Hall–Kier alpha value is -0.980. The maximum Gasteiger partial charge on any atom is 0.283 e. The molecule has 1 saturated heterocycles. The lowest BCUT2D eigenvalue weighted by molar-refractivity contribution is -0.385. The zero-order chi connectivity index (χ0) is 15.4. The first-order valence-electron chi connectivity index (χ1n) is 7.26. The number of hydrogen-bond acceptors (Lipinski definition) is 4. The molecule has 5 nitrogen and oxygen atoms in total. The molecule has 0 radical (unpaired) electrons. The van der Waals surface area contributed by atoms with Crippen LogP contribution in [0, 0.1) is 16.0 Å². The van der Waals surface area contributed by atoms with E-state index >= 15 is 0 Å². The highest BCUT2D eigenvalue weighted by Gasteiger charge is 2.20. The van der Waals surface area contributed by atoms with Gasteiger partial charge in [0, 0.05) is 19.2 Å². The molecule has 2 rings (SSSR count). The molecule has 21 heavy (non-hydrogen) atoms. The smallest absolute Gasteiger partial charge is 0.283 e. The van der Waals surface area contributed by atoms with E-state index in [1.54, 1.807) is 6.07 Å². The second-order valence-corrected chi connectivity index (χ2v) is 6.74. The minimum atomic E-state index is -0.343. The predicted molar refractivity (Wildman–Crippen MR) is 87.4 cm³/mol. The lowest BCUT2D eigenvalue weighted by Gasteiger charge is -2.31. The molecule has 0 unspecified atom stereocenters. The van der Waals surface area contributed by atoms with Crippen molar-refractivity contribution < 1.29 is 4.92 Å². The quantitative estimate of drug-likeness (QED) is 0.601. The molecule has 1 aliphatic heterocycles. The monoisotopic (exact) mass is 355 g/mol. The number of benzene rings is 1. The van der Waals surface area contributed by atoms with Crippen LogP contribution in [0.4, 0.5) is 5.69 Å². The van der Waals surface area contributed by atoms with Gasteiger partial charge in [-0.25, -0.2) is 0 Å². The average Bonchev–Trinajstić information content (AvgIpc) is 2.43. The Balaban J connectivity index is 1.95. The third kappa shape index (κ3) is 4.49. The van der Waals surface area contributed by atoms with Crippen molar-refractivity contribution in [1.29, 1.82) is 0 Å². The van der Waals surface area contributed by atoms with Crippen molar-refractivity contribution in [2.24, 2.45) is 5.92 Å². The van der Waals surface area contributed by atoms with Crippen LogP contribution in [0.5, 0.6) is 0 Å². The molecule has 0 aromatic heterocycles. The molecule has 1 aromatic rings. The highest BCUT2D eigenvalue weighted by atomic mass is 79.9. The first-order valence-corrected chi connectivity index (χ1v) is 8.05. The fourth-order valence-corrected chi connectivity index (χ4v) is 3.40. The largest absolute Gasteiger partial charge is 0.306 e. The van der Waals surface area contributed by atoms with Crippen LogP contribution in [0.3, 0.4) is 0 Å². The van der Waals surface area contributed by atoms with Gasteiger partial charge in [0.2, 0.25) is 0 Å². The SMILES string of the molecule is CN1CCC(CN(C)Cc2cccc([N+](=O)[O-])c2Br)CC1. The third-order valence-electron chi connectivity index (χ3n) is 4.10. The zero-order valence-electron chi connectivity index (χ0n) is 12.6. The van der Waals surface area contributed by atoms with Crippen LogP contribution in [-0.4, -0.2) is 48.5 Å². The van der Waals surface area contributed by atoms with Crippen LogP contribution >= 0.6 is 15.9 Å². The van der Waals surface area contributed by atoms with Crippen molar-refractivity contribution in [3.05, 3.63) is 38.3 Å². The lowest BCUT2D eigenvalue weighted by Crippen LogP contribution is -2.35. The molecule has 6 heteroatoms. The number of rotatable bonds is 5. The zero-order valence-corrected chi connectivity index (χ0v) is 14.2. The van der Waals surface area contributed by atoms with E-state index < -0.39 is 0 Å². The Morgan fingerprint density at radius 2 is 2.10 bits per heavy atom. The molecular formula is C15H22BrN3O2. The summed E-state index contributed by atoms with van der Waals surface area (Å²) in [5.74, 6) is 0.726. The first kappa shape index (κ1) is 16.4. The van der Waals surface area contributed by atoms with E-state index in [-0.39, 0.29) is 10.6 Å². The van der Waals surface area contributed by atoms with Gasteiger partial charge in [0.15, 0.2) is 0 Å². The van der Waals surface area contributed by atoms with E-state index in [1.807, 2.05) is 6.07 Å². The summed E-state index contributed by atoms with van der Waals surface area (Å²) in [6.07, 6.45) is 2.47. The molecule has 0 bridgehead atoms. The molecule has 1 fully saturated rings. The van der Waals surface area contributed by atoms with Crippen molar-refractivity contribution >= 4 is 21.6 Å². The van der Waals surface area contributed by atoms with Crippen LogP contribution in [-0.2, 0) is 6.54 Å². The van der Waals surface area contributed by atoms with Gasteiger partial charge in [0.25, 0.3) is 5.69 Å². The molecule has 0 amide bonds. The highest BCUT2D eigenvalue weighted by molar-refractivity contribution is 9.10. The number of piperidine rings is 1. The Bertz CT molecular complexity index is 502. The number of nitro groups is 1. The third-order valence-corrected chi connectivity index (χ3v) is 5.02. The maximum absolute atomic E-state index is 11.0. The van der Waals surface area contributed by atoms with Gasteiger partial charge in [-0.3, -0.25) is 10.1 Å². The Morgan fingerprint density at radius 3 is 2.71 bits per heavy atom. The van der Waals surface area contributed by atoms with Gasteiger partial charge in [-0.1, -0.05) is 12.1 Å². The van der Waals surface area contributed by atoms with E-state index in [4.69, 9.17) is 0 Å². The topological polar surface area (TPSA) is 49.6 Å². The summed E-state index contributed by atoms with van der Waals surface area (Å²) in [4.78, 5) is 15.3. The Labute approximate surface area is 134 Å². The van der Waals surface area contributed by atoms with Gasteiger partial charge in [0.05, 0.1) is 9.40 Å². The summed E-state index contributed by atoms with van der Waals surface area (Å²) in [5.41, 5.74) is 1.11. The number of hydrogen-bond donors (Lipinski definition) is 0.